The Hall–Kier alpha value is -1.88. The molecule has 0 amide bonds. The molecule has 0 atom stereocenters. The average Bonchev–Trinajstić information content (AvgIpc) is 2.90. The number of para-hydroxylation sites is 1. The van der Waals surface area contributed by atoms with Crippen LogP contribution in [-0.2, 0) is 6.54 Å². The van der Waals surface area contributed by atoms with Gasteiger partial charge in [-0.05, 0) is 26.1 Å². The van der Waals surface area contributed by atoms with Gasteiger partial charge in [0.1, 0.15) is 5.75 Å². The van der Waals surface area contributed by atoms with Gasteiger partial charge in [-0.25, -0.2) is 4.98 Å². The first-order valence-electron chi connectivity index (χ1n) is 6.42. The Morgan fingerprint density at radius 3 is 2.84 bits per heavy atom. The van der Waals surface area contributed by atoms with Crippen molar-refractivity contribution in [3.63, 3.8) is 0 Å². The number of nitrogens with one attached hydrogen (secondary N) is 1. The number of hydrogen-bond donors (Lipinski definition) is 1. The molecule has 0 aliphatic rings. The Bertz CT molecular complexity index is 550. The molecule has 5 heteroatoms. The van der Waals surface area contributed by atoms with E-state index in [2.05, 4.69) is 34.1 Å². The molecule has 1 N–H and O–H groups in total. The fourth-order valence-corrected chi connectivity index (χ4v) is 2.48. The van der Waals surface area contributed by atoms with Crippen LogP contribution in [0.25, 0.3) is 0 Å². The number of aliphatic imine (C=N–C) groups is 1. The van der Waals surface area contributed by atoms with Gasteiger partial charge in [0.15, 0.2) is 5.82 Å². The second kappa shape index (κ2) is 6.33. The van der Waals surface area contributed by atoms with E-state index < -0.39 is 9.04 Å². The maximum atomic E-state index is 5.91. The molecule has 1 aromatic carbocycles. The van der Waals surface area contributed by atoms with E-state index in [9.17, 15) is 0 Å². The first-order valence-corrected chi connectivity index (χ1v) is 9.20. The lowest BCUT2D eigenvalue weighted by molar-refractivity contribution is 0.571. The summed E-state index contributed by atoms with van der Waals surface area (Å²) in [5.41, 5.74) is 2.02. The second-order valence-electron chi connectivity index (χ2n) is 4.61. The molecule has 1 aromatic heterocycles. The Morgan fingerprint density at radius 2 is 2.16 bits per heavy atom. The minimum atomic E-state index is -1.09. The fraction of sp³-hybridized carbons (Fsp3) is 0.286. The van der Waals surface area contributed by atoms with Gasteiger partial charge in [0.25, 0.3) is 0 Å². The molecular weight excluding hydrogens is 254 g/mol. The zero-order chi connectivity index (χ0) is 13.7. The maximum Gasteiger partial charge on any atom is 0.229 e. The van der Waals surface area contributed by atoms with Crippen LogP contribution in [0.2, 0.25) is 13.1 Å². The molecule has 0 radical (unpaired) electrons. The Morgan fingerprint density at radius 1 is 1.37 bits per heavy atom. The van der Waals surface area contributed by atoms with Crippen molar-refractivity contribution >= 4 is 14.8 Å². The number of H-pyrrole nitrogens is 1. The number of aromatic amines is 1. The van der Waals surface area contributed by atoms with Crippen LogP contribution in [-0.4, -0.2) is 24.7 Å². The van der Waals surface area contributed by atoms with Gasteiger partial charge in [-0.3, -0.25) is 4.99 Å². The number of nitrogens with zero attached hydrogens (tertiary/aromatic N) is 2. The van der Waals surface area contributed by atoms with Crippen molar-refractivity contribution in [2.24, 2.45) is 4.99 Å². The Balaban J connectivity index is 2.13. The fourth-order valence-electron chi connectivity index (χ4n) is 1.75. The molecule has 4 nitrogen and oxygen atoms in total. The lowest BCUT2D eigenvalue weighted by Crippen LogP contribution is -2.12. The lowest BCUT2D eigenvalue weighted by atomic mass is 10.2. The Kier molecular flexibility index (Phi) is 4.51. The highest BCUT2D eigenvalue weighted by Crippen LogP contribution is 2.19. The van der Waals surface area contributed by atoms with E-state index in [0.29, 0.717) is 6.54 Å². The van der Waals surface area contributed by atoms with Crippen molar-refractivity contribution in [1.82, 2.24) is 9.97 Å². The van der Waals surface area contributed by atoms with E-state index in [1.165, 1.54) is 0 Å². The average molecular weight is 273 g/mol. The summed E-state index contributed by atoms with van der Waals surface area (Å²) in [5.74, 6) is 1.77. The van der Waals surface area contributed by atoms with Crippen molar-refractivity contribution in [3.05, 3.63) is 48.0 Å². The van der Waals surface area contributed by atoms with Gasteiger partial charge in [-0.2, -0.15) is 0 Å². The number of aromatic nitrogens is 2. The largest absolute Gasteiger partial charge is 0.547 e. The van der Waals surface area contributed by atoms with E-state index in [1.54, 1.807) is 12.4 Å². The quantitative estimate of drug-likeness (QED) is 0.672. The number of rotatable bonds is 5. The van der Waals surface area contributed by atoms with Crippen molar-refractivity contribution in [2.45, 2.75) is 26.6 Å². The monoisotopic (exact) mass is 273 g/mol. The molecule has 19 heavy (non-hydrogen) atoms. The van der Waals surface area contributed by atoms with Crippen LogP contribution in [0.1, 0.15) is 18.3 Å². The topological polar surface area (TPSA) is 50.3 Å². The SMILES string of the molecule is CC(=NCc1ccccc1O[SiH](C)C)c1ncc[nH]1. The van der Waals surface area contributed by atoms with Gasteiger partial charge in [0.05, 0.1) is 12.3 Å². The van der Waals surface area contributed by atoms with Crippen molar-refractivity contribution in [1.29, 1.82) is 0 Å². The van der Waals surface area contributed by atoms with Crippen LogP contribution in [0.3, 0.4) is 0 Å². The zero-order valence-electron chi connectivity index (χ0n) is 11.6. The third-order valence-corrected chi connectivity index (χ3v) is 3.39. The molecule has 2 rings (SSSR count). The van der Waals surface area contributed by atoms with Crippen LogP contribution < -0.4 is 4.43 Å². The van der Waals surface area contributed by atoms with Crippen molar-refractivity contribution < 1.29 is 4.43 Å². The number of imidazole rings is 1. The minimum absolute atomic E-state index is 0.615. The number of benzene rings is 1. The van der Waals surface area contributed by atoms with Crippen LogP contribution in [0.15, 0.2) is 41.7 Å². The summed E-state index contributed by atoms with van der Waals surface area (Å²) in [4.78, 5) is 11.8. The van der Waals surface area contributed by atoms with E-state index in [1.807, 2.05) is 25.1 Å². The molecule has 0 spiro atoms. The Labute approximate surface area is 115 Å². The molecule has 1 heterocycles. The van der Waals surface area contributed by atoms with Crippen LogP contribution in [0, 0.1) is 0 Å². The molecule has 0 aliphatic carbocycles. The van der Waals surface area contributed by atoms with E-state index in [-0.39, 0.29) is 0 Å². The highest BCUT2D eigenvalue weighted by atomic mass is 28.3. The summed E-state index contributed by atoms with van der Waals surface area (Å²) in [5, 5.41) is 0. The van der Waals surface area contributed by atoms with Crippen LogP contribution in [0.5, 0.6) is 5.75 Å². The first-order chi connectivity index (χ1) is 9.16. The molecule has 2 aromatic rings. The second-order valence-corrected chi connectivity index (χ2v) is 6.95. The minimum Gasteiger partial charge on any atom is -0.547 e. The third-order valence-electron chi connectivity index (χ3n) is 2.66. The lowest BCUT2D eigenvalue weighted by Gasteiger charge is -2.12. The molecule has 0 unspecified atom stereocenters. The van der Waals surface area contributed by atoms with Gasteiger partial charge in [-0.15, -0.1) is 0 Å². The predicted molar refractivity (Wildman–Crippen MR) is 80.4 cm³/mol. The van der Waals surface area contributed by atoms with Gasteiger partial charge in [-0.1, -0.05) is 18.2 Å². The predicted octanol–water partition coefficient (Wildman–Crippen LogP) is 2.78. The van der Waals surface area contributed by atoms with Crippen molar-refractivity contribution in [3.8, 4) is 5.75 Å². The molecule has 100 valence electrons. The summed E-state index contributed by atoms with van der Waals surface area (Å²) >= 11 is 0. The van der Waals surface area contributed by atoms with Gasteiger partial charge >= 0.3 is 0 Å². The summed E-state index contributed by atoms with van der Waals surface area (Å²) in [6.07, 6.45) is 3.53. The summed E-state index contributed by atoms with van der Waals surface area (Å²) in [7, 11) is -1.09. The van der Waals surface area contributed by atoms with E-state index in [4.69, 9.17) is 4.43 Å². The zero-order valence-corrected chi connectivity index (χ0v) is 12.7. The normalized spacial score (nSPS) is 11.9. The smallest absolute Gasteiger partial charge is 0.229 e. The molecule has 0 bridgehead atoms. The van der Waals surface area contributed by atoms with E-state index in [0.717, 1.165) is 22.8 Å². The van der Waals surface area contributed by atoms with Gasteiger partial charge < -0.3 is 9.41 Å². The molecule has 0 fully saturated rings. The highest BCUT2D eigenvalue weighted by Gasteiger charge is 2.05. The van der Waals surface area contributed by atoms with E-state index >= 15 is 0 Å². The standard InChI is InChI=1S/C14H19N3OSi/c1-11(14-15-8-9-16-14)17-10-12-6-4-5-7-13(12)18-19(2)3/h4-9,19H,10H2,1-3H3,(H,15,16). The summed E-state index contributed by atoms with van der Waals surface area (Å²) in [6.45, 7) is 6.89. The molecular formula is C14H19N3OSi. The third kappa shape index (κ3) is 3.79. The summed E-state index contributed by atoms with van der Waals surface area (Å²) in [6, 6.07) is 8.09. The van der Waals surface area contributed by atoms with Gasteiger partial charge in [0.2, 0.25) is 9.04 Å². The molecule has 0 saturated carbocycles. The molecule has 0 saturated heterocycles. The van der Waals surface area contributed by atoms with Crippen molar-refractivity contribution in [2.75, 3.05) is 0 Å². The maximum absolute atomic E-state index is 5.91. The van der Waals surface area contributed by atoms with Crippen LogP contribution in [0.4, 0.5) is 0 Å². The number of hydrogen-bond acceptors (Lipinski definition) is 3. The summed E-state index contributed by atoms with van der Waals surface area (Å²) < 4.78 is 5.91. The molecule has 0 aliphatic heterocycles. The van der Waals surface area contributed by atoms with Crippen LogP contribution >= 0.6 is 0 Å². The van der Waals surface area contributed by atoms with Gasteiger partial charge in [0, 0.05) is 18.0 Å². The highest BCUT2D eigenvalue weighted by molar-refractivity contribution is 6.49. The first kappa shape index (κ1) is 13.5.